The number of amides is 2. The average molecular weight is 190 g/mol. The number of nitrogens with one attached hydrogen (secondary N) is 2. The smallest absolute Gasteiger partial charge is 0.242 e. The molecule has 0 spiro atoms. The Labute approximate surface area is 77.5 Å². The Morgan fingerprint density at radius 1 is 1.25 bits per heavy atom. The maximum atomic E-state index is 11.0. The number of carbonyl (C=O) groups excluding carboxylic acids is 2. The second-order valence-corrected chi connectivity index (χ2v) is 3.30. The number of carbonyl (C=O) groups is 2. The van der Waals surface area contributed by atoms with Crippen LogP contribution in [0.3, 0.4) is 0 Å². The van der Waals surface area contributed by atoms with E-state index in [-0.39, 0.29) is 11.8 Å². The Hall–Kier alpha value is -0.710. The van der Waals surface area contributed by atoms with Crippen molar-refractivity contribution in [3.63, 3.8) is 0 Å². The molecule has 70 valence electrons. The molecule has 0 bridgehead atoms. The first-order valence-electron chi connectivity index (χ1n) is 3.69. The fraction of sp³-hybridized carbons (Fsp3) is 0.714. The molecule has 0 radical (unpaired) electrons. The van der Waals surface area contributed by atoms with Crippen molar-refractivity contribution in [1.82, 2.24) is 10.6 Å². The molecule has 0 aliphatic carbocycles. The largest absolute Gasteiger partial charge is 0.357 e. The number of hydrogen-bond acceptors (Lipinski definition) is 3. The van der Waals surface area contributed by atoms with E-state index in [2.05, 4.69) is 23.3 Å². The lowest BCUT2D eigenvalue weighted by Gasteiger charge is -2.13. The monoisotopic (exact) mass is 190 g/mol. The Morgan fingerprint density at radius 3 is 2.08 bits per heavy atom. The van der Waals surface area contributed by atoms with E-state index in [1.165, 1.54) is 7.05 Å². The van der Waals surface area contributed by atoms with Crippen molar-refractivity contribution in [1.29, 1.82) is 0 Å². The summed E-state index contributed by atoms with van der Waals surface area (Å²) in [4.78, 5) is 21.9. The molecule has 0 rings (SSSR count). The van der Waals surface area contributed by atoms with Crippen molar-refractivity contribution in [2.45, 2.75) is 25.1 Å². The van der Waals surface area contributed by atoms with Crippen LogP contribution in [0.4, 0.5) is 0 Å². The molecule has 2 N–H and O–H groups in total. The molecule has 4 nitrogen and oxygen atoms in total. The number of likely N-dealkylation sites (N-methyl/N-ethyl adjacent to an activating group) is 1. The second-order valence-electron chi connectivity index (χ2n) is 2.52. The quantitative estimate of drug-likeness (QED) is 0.528. The second kappa shape index (κ2) is 5.03. The minimum atomic E-state index is -0.503. The van der Waals surface area contributed by atoms with Gasteiger partial charge in [-0.3, -0.25) is 9.59 Å². The third-order valence-corrected chi connectivity index (χ3v) is 1.61. The Kier molecular flexibility index (Phi) is 4.73. The van der Waals surface area contributed by atoms with E-state index in [0.29, 0.717) is 0 Å². The molecule has 0 aliphatic heterocycles. The van der Waals surface area contributed by atoms with Crippen molar-refractivity contribution in [2.24, 2.45) is 0 Å². The number of rotatable bonds is 3. The minimum absolute atomic E-state index is 0.211. The van der Waals surface area contributed by atoms with E-state index in [0.717, 1.165) is 0 Å². The lowest BCUT2D eigenvalue weighted by molar-refractivity contribution is -0.127. The molecule has 0 saturated heterocycles. The molecule has 0 fully saturated rings. The van der Waals surface area contributed by atoms with Gasteiger partial charge in [-0.2, -0.15) is 12.6 Å². The van der Waals surface area contributed by atoms with Crippen LogP contribution in [-0.4, -0.2) is 30.2 Å². The summed E-state index contributed by atoms with van der Waals surface area (Å²) in [6, 6.07) is -0.503. The first-order valence-corrected chi connectivity index (χ1v) is 4.20. The summed E-state index contributed by atoms with van der Waals surface area (Å²) in [5, 5.41) is 4.54. The Bertz CT molecular complexity index is 182. The van der Waals surface area contributed by atoms with E-state index in [9.17, 15) is 9.59 Å². The summed E-state index contributed by atoms with van der Waals surface area (Å²) < 4.78 is 0. The lowest BCUT2D eigenvalue weighted by Crippen LogP contribution is -2.45. The number of hydrogen-bond donors (Lipinski definition) is 3. The highest BCUT2D eigenvalue weighted by atomic mass is 32.1. The van der Waals surface area contributed by atoms with Crippen LogP contribution >= 0.6 is 12.6 Å². The first kappa shape index (κ1) is 11.3. The van der Waals surface area contributed by atoms with Crippen LogP contribution in [-0.2, 0) is 9.59 Å². The fourth-order valence-electron chi connectivity index (χ4n) is 0.616. The predicted octanol–water partition coefficient (Wildman–Crippen LogP) is -0.445. The summed E-state index contributed by atoms with van der Waals surface area (Å²) in [5.74, 6) is -0.452. The van der Waals surface area contributed by atoms with Crippen LogP contribution in [0, 0.1) is 0 Å². The number of thiol groups is 1. The highest BCUT2D eigenvalue weighted by Crippen LogP contribution is 1.92. The standard InChI is InChI=1S/C7H14N2O2S/c1-4(6(10)8-3)9-7(11)5(2)12/h4-5,12H,1-3H3,(H,8,10)(H,9,11). The van der Waals surface area contributed by atoms with E-state index < -0.39 is 11.3 Å². The van der Waals surface area contributed by atoms with Gasteiger partial charge in [0, 0.05) is 7.05 Å². The van der Waals surface area contributed by atoms with Crippen LogP contribution in [0.2, 0.25) is 0 Å². The van der Waals surface area contributed by atoms with Gasteiger partial charge < -0.3 is 10.6 Å². The van der Waals surface area contributed by atoms with Gasteiger partial charge in [-0.05, 0) is 13.8 Å². The van der Waals surface area contributed by atoms with E-state index in [1.54, 1.807) is 13.8 Å². The zero-order valence-electron chi connectivity index (χ0n) is 7.42. The third kappa shape index (κ3) is 3.61. The Balaban J connectivity index is 3.92. The molecule has 5 heteroatoms. The summed E-state index contributed by atoms with van der Waals surface area (Å²) in [7, 11) is 1.52. The van der Waals surface area contributed by atoms with Gasteiger partial charge in [0.25, 0.3) is 0 Å². The highest BCUT2D eigenvalue weighted by Gasteiger charge is 2.15. The molecule has 2 unspecified atom stereocenters. The van der Waals surface area contributed by atoms with Gasteiger partial charge in [0.15, 0.2) is 0 Å². The van der Waals surface area contributed by atoms with Crippen molar-refractivity contribution < 1.29 is 9.59 Å². The van der Waals surface area contributed by atoms with Gasteiger partial charge in [0.1, 0.15) is 6.04 Å². The van der Waals surface area contributed by atoms with Gasteiger partial charge in [-0.25, -0.2) is 0 Å². The molecule has 0 aromatic carbocycles. The molecule has 0 saturated carbocycles. The maximum Gasteiger partial charge on any atom is 0.242 e. The van der Waals surface area contributed by atoms with Gasteiger partial charge in [0.2, 0.25) is 11.8 Å². The average Bonchev–Trinajstić information content (AvgIpc) is 2.02. The molecule has 12 heavy (non-hydrogen) atoms. The zero-order chi connectivity index (χ0) is 9.72. The molecule has 0 aliphatic rings. The van der Waals surface area contributed by atoms with Crippen molar-refractivity contribution in [3.05, 3.63) is 0 Å². The molecule has 2 amide bonds. The van der Waals surface area contributed by atoms with Crippen LogP contribution in [0.15, 0.2) is 0 Å². The summed E-state index contributed by atoms with van der Waals surface area (Å²) in [6.07, 6.45) is 0. The van der Waals surface area contributed by atoms with Crippen LogP contribution < -0.4 is 10.6 Å². The van der Waals surface area contributed by atoms with E-state index >= 15 is 0 Å². The van der Waals surface area contributed by atoms with Crippen LogP contribution in [0.25, 0.3) is 0 Å². The van der Waals surface area contributed by atoms with Crippen molar-refractivity contribution in [3.8, 4) is 0 Å². The highest BCUT2D eigenvalue weighted by molar-refractivity contribution is 7.81. The SMILES string of the molecule is CNC(=O)C(C)NC(=O)C(C)S. The lowest BCUT2D eigenvalue weighted by atomic mass is 10.3. The molecule has 0 heterocycles. The predicted molar refractivity (Wildman–Crippen MR) is 50.1 cm³/mol. The fourth-order valence-corrected chi connectivity index (χ4v) is 0.691. The molecule has 0 aromatic rings. The maximum absolute atomic E-state index is 11.0. The molecular weight excluding hydrogens is 176 g/mol. The molecule has 2 atom stereocenters. The topological polar surface area (TPSA) is 58.2 Å². The summed E-state index contributed by atoms with van der Waals surface area (Å²) in [6.45, 7) is 3.27. The van der Waals surface area contributed by atoms with Gasteiger partial charge in [-0.1, -0.05) is 0 Å². The minimum Gasteiger partial charge on any atom is -0.357 e. The zero-order valence-corrected chi connectivity index (χ0v) is 8.31. The van der Waals surface area contributed by atoms with Crippen LogP contribution in [0.5, 0.6) is 0 Å². The van der Waals surface area contributed by atoms with Gasteiger partial charge in [-0.15, -0.1) is 0 Å². The normalized spacial score (nSPS) is 14.7. The molecule has 0 aromatic heterocycles. The summed E-state index contributed by atoms with van der Waals surface area (Å²) >= 11 is 3.92. The van der Waals surface area contributed by atoms with Crippen LogP contribution in [0.1, 0.15) is 13.8 Å². The van der Waals surface area contributed by atoms with Crippen molar-refractivity contribution in [2.75, 3.05) is 7.05 Å². The summed E-state index contributed by atoms with van der Waals surface area (Å²) in [5.41, 5.74) is 0. The molecular formula is C7H14N2O2S. The third-order valence-electron chi connectivity index (χ3n) is 1.38. The van der Waals surface area contributed by atoms with Gasteiger partial charge >= 0.3 is 0 Å². The van der Waals surface area contributed by atoms with E-state index in [1.807, 2.05) is 0 Å². The van der Waals surface area contributed by atoms with Gasteiger partial charge in [0.05, 0.1) is 5.25 Å². The van der Waals surface area contributed by atoms with Crippen molar-refractivity contribution >= 4 is 24.4 Å². The first-order chi connectivity index (χ1) is 5.49. The Morgan fingerprint density at radius 2 is 1.75 bits per heavy atom. The van der Waals surface area contributed by atoms with E-state index in [4.69, 9.17) is 0 Å².